The molecule has 1 aliphatic heterocycles. The number of aryl methyl sites for hydroxylation is 1. The number of thiophene rings is 1. The number of rotatable bonds is 5. The Bertz CT molecular complexity index is 822. The van der Waals surface area contributed by atoms with Crippen LogP contribution in [0.2, 0.25) is 0 Å². The number of pyridine rings is 1. The van der Waals surface area contributed by atoms with E-state index < -0.39 is 23.7 Å². The van der Waals surface area contributed by atoms with Crippen LogP contribution < -0.4 is 4.90 Å². The summed E-state index contributed by atoms with van der Waals surface area (Å²) >= 11 is 1.27. The van der Waals surface area contributed by atoms with Crippen LogP contribution in [-0.4, -0.2) is 35.1 Å². The topological polar surface area (TPSA) is 53.4 Å². The van der Waals surface area contributed by atoms with E-state index in [1.807, 2.05) is 30.0 Å². The molecule has 3 heterocycles. The van der Waals surface area contributed by atoms with Gasteiger partial charge in [-0.2, -0.15) is 0 Å². The third-order valence-corrected chi connectivity index (χ3v) is 6.22. The van der Waals surface area contributed by atoms with Crippen molar-refractivity contribution in [1.29, 1.82) is 0 Å². The van der Waals surface area contributed by atoms with E-state index in [1.54, 1.807) is 6.07 Å². The lowest BCUT2D eigenvalue weighted by Gasteiger charge is -2.22. The van der Waals surface area contributed by atoms with Crippen molar-refractivity contribution in [3.63, 3.8) is 0 Å². The van der Waals surface area contributed by atoms with E-state index in [0.29, 0.717) is 24.4 Å². The minimum atomic E-state index is -2.48. The molecular formula is C18H18F2N2O2S. The van der Waals surface area contributed by atoms with Crippen LogP contribution >= 0.6 is 11.3 Å². The van der Waals surface area contributed by atoms with Gasteiger partial charge in [-0.1, -0.05) is 13.0 Å². The molecule has 2 fully saturated rings. The number of hydrogen-bond acceptors (Lipinski definition) is 4. The number of halogens is 2. The molecule has 0 bridgehead atoms. The summed E-state index contributed by atoms with van der Waals surface area (Å²) in [5, 5.41) is 9.02. The summed E-state index contributed by atoms with van der Waals surface area (Å²) in [4.78, 5) is 18.9. The molecule has 2 aromatic rings. The molecule has 7 heteroatoms. The van der Waals surface area contributed by atoms with Gasteiger partial charge >= 0.3 is 5.97 Å². The van der Waals surface area contributed by atoms with Crippen LogP contribution in [0.4, 0.5) is 14.6 Å². The Morgan fingerprint density at radius 3 is 2.64 bits per heavy atom. The van der Waals surface area contributed by atoms with Crippen molar-refractivity contribution in [2.24, 2.45) is 11.8 Å². The highest BCUT2D eigenvalue weighted by molar-refractivity contribution is 7.13. The summed E-state index contributed by atoms with van der Waals surface area (Å²) < 4.78 is 26.7. The molecule has 2 aromatic heterocycles. The molecule has 0 spiro atoms. The van der Waals surface area contributed by atoms with Crippen molar-refractivity contribution in [3.8, 4) is 0 Å². The highest BCUT2D eigenvalue weighted by atomic mass is 32.1. The van der Waals surface area contributed by atoms with Crippen LogP contribution in [0.25, 0.3) is 0 Å². The Labute approximate surface area is 148 Å². The first-order valence-corrected chi connectivity index (χ1v) is 9.15. The first-order valence-electron chi connectivity index (χ1n) is 8.33. The predicted octanol–water partition coefficient (Wildman–Crippen LogP) is 3.70. The SMILES string of the molecule is CCc1nc(N2CC3C(C2)C3(F)F)ccc1Cc1ccc(C(=O)O)s1. The first-order chi connectivity index (χ1) is 11.9. The fourth-order valence-corrected chi connectivity index (χ4v) is 4.50. The van der Waals surface area contributed by atoms with E-state index >= 15 is 0 Å². The van der Waals surface area contributed by atoms with E-state index in [9.17, 15) is 13.6 Å². The van der Waals surface area contributed by atoms with Gasteiger partial charge in [0.25, 0.3) is 5.92 Å². The zero-order valence-electron chi connectivity index (χ0n) is 13.7. The molecule has 0 amide bonds. The van der Waals surface area contributed by atoms with Gasteiger partial charge < -0.3 is 10.0 Å². The number of anilines is 1. The van der Waals surface area contributed by atoms with Crippen LogP contribution in [0.5, 0.6) is 0 Å². The Hall–Kier alpha value is -2.02. The maximum Gasteiger partial charge on any atom is 0.345 e. The van der Waals surface area contributed by atoms with Crippen LogP contribution in [0.1, 0.15) is 32.7 Å². The fourth-order valence-electron chi connectivity index (χ4n) is 3.63. The maximum atomic E-state index is 13.4. The van der Waals surface area contributed by atoms with Gasteiger partial charge in [0.15, 0.2) is 0 Å². The van der Waals surface area contributed by atoms with Gasteiger partial charge in [0.1, 0.15) is 10.7 Å². The average molecular weight is 364 g/mol. The van der Waals surface area contributed by atoms with Crippen LogP contribution in [-0.2, 0) is 12.8 Å². The Kier molecular flexibility index (Phi) is 3.79. The molecule has 0 aromatic carbocycles. The largest absolute Gasteiger partial charge is 0.477 e. The van der Waals surface area contributed by atoms with Gasteiger partial charge in [-0.05, 0) is 30.2 Å². The second kappa shape index (κ2) is 5.76. The molecule has 1 saturated heterocycles. The van der Waals surface area contributed by atoms with Crippen molar-refractivity contribution >= 4 is 23.1 Å². The minimum Gasteiger partial charge on any atom is -0.477 e. The number of fused-ring (bicyclic) bond motifs is 1. The third kappa shape index (κ3) is 2.80. The summed E-state index contributed by atoms with van der Waals surface area (Å²) in [6.45, 7) is 2.77. The lowest BCUT2D eigenvalue weighted by Crippen LogP contribution is -2.28. The van der Waals surface area contributed by atoms with Crippen molar-refractivity contribution in [2.45, 2.75) is 25.7 Å². The van der Waals surface area contributed by atoms with Crippen molar-refractivity contribution in [3.05, 3.63) is 45.3 Å². The van der Waals surface area contributed by atoms with Crippen LogP contribution in [0, 0.1) is 11.8 Å². The summed E-state index contributed by atoms with van der Waals surface area (Å²) in [5.74, 6) is -3.66. The number of aromatic nitrogens is 1. The van der Waals surface area contributed by atoms with Gasteiger partial charge in [-0.15, -0.1) is 11.3 Å². The van der Waals surface area contributed by atoms with Gasteiger partial charge in [0, 0.05) is 30.1 Å². The normalized spacial score (nSPS) is 23.6. The lowest BCUT2D eigenvalue weighted by molar-refractivity contribution is 0.0701. The molecule has 1 saturated carbocycles. The second-order valence-corrected chi connectivity index (χ2v) is 7.84. The smallest absolute Gasteiger partial charge is 0.345 e. The lowest BCUT2D eigenvalue weighted by atomic mass is 10.1. The summed E-state index contributed by atoms with van der Waals surface area (Å²) in [6.07, 6.45) is 1.38. The number of alkyl halides is 2. The predicted molar refractivity (Wildman–Crippen MR) is 91.8 cm³/mol. The van der Waals surface area contributed by atoms with Gasteiger partial charge in [-0.25, -0.2) is 18.6 Å². The molecule has 2 aliphatic rings. The molecule has 1 aliphatic carbocycles. The first kappa shape index (κ1) is 16.4. The monoisotopic (exact) mass is 364 g/mol. The zero-order chi connectivity index (χ0) is 17.8. The molecule has 0 radical (unpaired) electrons. The van der Waals surface area contributed by atoms with E-state index in [1.165, 1.54) is 11.3 Å². The van der Waals surface area contributed by atoms with Crippen molar-refractivity contribution < 1.29 is 18.7 Å². The third-order valence-electron chi connectivity index (χ3n) is 5.15. The molecule has 2 unspecified atom stereocenters. The average Bonchev–Trinajstić information content (AvgIpc) is 3.05. The van der Waals surface area contributed by atoms with Gasteiger partial charge in [0.05, 0.1) is 11.8 Å². The van der Waals surface area contributed by atoms with E-state index in [-0.39, 0.29) is 0 Å². The fraction of sp³-hybridized carbons (Fsp3) is 0.444. The van der Waals surface area contributed by atoms with E-state index in [0.717, 1.165) is 28.4 Å². The highest BCUT2D eigenvalue weighted by Crippen LogP contribution is 2.59. The molecule has 1 N–H and O–H groups in total. The van der Waals surface area contributed by atoms with Crippen LogP contribution in [0.3, 0.4) is 0 Å². The number of carboxylic acids is 1. The zero-order valence-corrected chi connectivity index (χ0v) is 14.5. The summed E-state index contributed by atoms with van der Waals surface area (Å²) in [6, 6.07) is 7.33. The van der Waals surface area contributed by atoms with Gasteiger partial charge in [-0.3, -0.25) is 0 Å². The van der Waals surface area contributed by atoms with Crippen molar-refractivity contribution in [2.75, 3.05) is 18.0 Å². The van der Waals surface area contributed by atoms with Gasteiger partial charge in [0.2, 0.25) is 0 Å². The van der Waals surface area contributed by atoms with Crippen LogP contribution in [0.15, 0.2) is 24.3 Å². The number of piperidine rings is 1. The number of aromatic carboxylic acids is 1. The molecule has 2 atom stereocenters. The second-order valence-electron chi connectivity index (χ2n) is 6.67. The van der Waals surface area contributed by atoms with E-state index in [2.05, 4.69) is 4.98 Å². The molecule has 132 valence electrons. The molecular weight excluding hydrogens is 346 g/mol. The molecule has 25 heavy (non-hydrogen) atoms. The number of nitrogens with zero attached hydrogens (tertiary/aromatic N) is 2. The molecule has 4 nitrogen and oxygen atoms in total. The maximum absolute atomic E-state index is 13.4. The number of carbonyl (C=O) groups is 1. The Morgan fingerprint density at radius 1 is 1.32 bits per heavy atom. The number of hydrogen-bond donors (Lipinski definition) is 1. The summed E-state index contributed by atoms with van der Waals surface area (Å²) in [7, 11) is 0. The van der Waals surface area contributed by atoms with Crippen molar-refractivity contribution in [1.82, 2.24) is 4.98 Å². The highest BCUT2D eigenvalue weighted by Gasteiger charge is 2.71. The Balaban J connectivity index is 1.51. The standard InChI is InChI=1S/C18H18F2N2O2S/c1-2-14-10(7-11-4-5-15(25-11)17(23)24)3-6-16(21-14)22-8-12-13(9-22)18(12,19)20/h3-6,12-13H,2,7-9H2,1H3,(H,23,24). The number of carboxylic acid groups (broad SMARTS) is 1. The quantitative estimate of drug-likeness (QED) is 0.879. The van der Waals surface area contributed by atoms with E-state index in [4.69, 9.17) is 5.11 Å². The minimum absolute atomic E-state index is 0.329. The Morgan fingerprint density at radius 2 is 2.04 bits per heavy atom. The molecule has 4 rings (SSSR count). The summed E-state index contributed by atoms with van der Waals surface area (Å²) in [5.41, 5.74) is 2.00.